The monoisotopic (exact) mass is 2010 g/mol. The number of terminal acetylenes is 1. The largest absolute Gasteiger partial charge is 0.481 e. The molecule has 3 aromatic rings. The number of halogens is 4. The van der Waals surface area contributed by atoms with Crippen molar-refractivity contribution in [2.24, 2.45) is 32.5 Å². The number of aliphatic carboxylic acids is 1. The molecule has 0 bridgehead atoms. The van der Waals surface area contributed by atoms with Crippen LogP contribution in [0.5, 0.6) is 0 Å². The molecule has 0 radical (unpaired) electrons. The fourth-order valence-electron chi connectivity index (χ4n) is 19.9. The van der Waals surface area contributed by atoms with Crippen molar-refractivity contribution >= 4 is 98.9 Å². The summed E-state index contributed by atoms with van der Waals surface area (Å²) in [6.07, 6.45) is 86.7. The third kappa shape index (κ3) is 66.3. The number of benzene rings is 3. The van der Waals surface area contributed by atoms with E-state index in [4.69, 9.17) is 39.5 Å². The van der Waals surface area contributed by atoms with Crippen LogP contribution in [0.3, 0.4) is 0 Å². The molecule has 0 saturated carbocycles. The second kappa shape index (κ2) is 90.3. The Morgan fingerprint density at radius 1 is 0.380 bits per heavy atom. The number of aliphatic hydroxyl groups is 1. The summed E-state index contributed by atoms with van der Waals surface area (Å²) in [7, 11) is 0. The zero-order chi connectivity index (χ0) is 96.6. The van der Waals surface area contributed by atoms with E-state index < -0.39 is 5.97 Å². The molecule has 2 amide bonds. The molecule has 0 aliphatic carbocycles. The van der Waals surface area contributed by atoms with Crippen LogP contribution in [0.1, 0.15) is 533 Å². The van der Waals surface area contributed by atoms with Crippen LogP contribution in [0.2, 0.25) is 0 Å². The summed E-state index contributed by atoms with van der Waals surface area (Å²) in [5.74, 6) is 3.23. The maximum Gasteiger partial charge on any atom is 0.407 e. The number of rotatable bonds is 79. The zero-order valence-electron chi connectivity index (χ0n) is 87.3. The van der Waals surface area contributed by atoms with Crippen LogP contribution in [-0.2, 0) is 20.9 Å². The van der Waals surface area contributed by atoms with Crippen LogP contribution in [0, 0.1) is 51.4 Å². The molecule has 0 aliphatic heterocycles. The van der Waals surface area contributed by atoms with Gasteiger partial charge in [0.1, 0.15) is 6.61 Å². The Labute approximate surface area is 831 Å². The first-order valence-electron chi connectivity index (χ1n) is 54.5. The number of unbranched alkanes of at least 4 members (excludes halogenated alkanes) is 18. The summed E-state index contributed by atoms with van der Waals surface area (Å²) in [5.41, 5.74) is 3.82. The van der Waals surface area contributed by atoms with Crippen molar-refractivity contribution in [3.05, 3.63) is 71.6 Å². The van der Waals surface area contributed by atoms with Crippen molar-refractivity contribution in [1.29, 1.82) is 0 Å². The lowest BCUT2D eigenvalue weighted by Crippen LogP contribution is -2.28. The SMILES string of the molecule is C#CCCC(CCCC)(CCCC)CCCC.CCCCC(CCCC)(CCCC)CCC(=O)O.CCCCC(CCCC)(CCCC)CCCCl.CCCCC(CCCC)(CCCC)CCCO.O=C(CCC(CCCBr)(CCCBr)CCCBr)NCCCCCCNC(=O)OCc1c2ccccc2cc2ccccc12.[C-]#[N+]CCC(CCCC)(CCCC)CCCC. The molecule has 9 nitrogen and oxygen atoms in total. The lowest BCUT2D eigenvalue weighted by Gasteiger charge is -2.34. The van der Waals surface area contributed by atoms with Gasteiger partial charge in [-0.25, -0.2) is 11.4 Å². The topological polar surface area (TPSA) is 129 Å². The molecule has 752 valence electrons. The van der Waals surface area contributed by atoms with E-state index >= 15 is 0 Å². The van der Waals surface area contributed by atoms with Crippen LogP contribution in [0.15, 0.2) is 54.6 Å². The fourth-order valence-corrected chi connectivity index (χ4v) is 20.9. The van der Waals surface area contributed by atoms with Gasteiger partial charge in [-0.05, 0) is 253 Å². The van der Waals surface area contributed by atoms with Gasteiger partial charge in [-0.1, -0.05) is 406 Å². The number of hydrogen-bond donors (Lipinski definition) is 4. The summed E-state index contributed by atoms with van der Waals surface area (Å²) in [4.78, 5) is 39.5. The number of nitrogens with zero attached hydrogens (tertiary/aromatic N) is 1. The van der Waals surface area contributed by atoms with E-state index in [9.17, 15) is 14.4 Å². The highest BCUT2D eigenvalue weighted by atomic mass is 79.9. The minimum absolute atomic E-state index is 0.171. The van der Waals surface area contributed by atoms with E-state index in [1.54, 1.807) is 0 Å². The molecule has 3 rings (SSSR count). The standard InChI is InChI=1S/C35H47Br3N2O3.C17H32.C16H33Cl.C16H31N.C16H32O2.C16H34O/c36-21-9-17-35(18-10-22-37,19-11-23-38)20-16-33(41)39-24-7-1-2-8-25-40-34(42)43-27-32-30-14-5-3-12-28(30)26-29-13-4-6-15-31(29)32;1-5-9-13-17(14-10-6-2,15-11-7-3)16-12-8-4;1-4-7-11-16(12-8-5-2,13-9-6-3)14-10-15-17;1-5-8-11-16(12-9-6-2,13-10-7-3)14-15-17-4;1-4-7-11-16(12-8-5-2,13-9-6-3)14-10-15(17)18;1-4-7-11-16(12-8-5-2,13-9-6-3)14-10-15-17/h3-6,12-15,26H,1-2,7-11,16-25,27H2,(H,39,41)(H,40,42);1H,6-16H2,2-4H3;4-15H2,1-3H3;5-15H2,1-3H3;4-14H2,1-3H3,(H,17,18);17H,4-15H2,1-3H3. The summed E-state index contributed by atoms with van der Waals surface area (Å²) >= 11 is 16.7. The van der Waals surface area contributed by atoms with Crippen LogP contribution >= 0.6 is 59.4 Å². The number of carbonyl (C=O) groups excluding carboxylic acids is 2. The maximum absolute atomic E-state index is 12.6. The van der Waals surface area contributed by atoms with Crippen molar-refractivity contribution in [2.75, 3.05) is 48.1 Å². The van der Waals surface area contributed by atoms with E-state index in [0.29, 0.717) is 59.6 Å². The van der Waals surface area contributed by atoms with Gasteiger partial charge in [0.2, 0.25) is 12.5 Å². The Morgan fingerprint density at radius 2 is 0.659 bits per heavy atom. The van der Waals surface area contributed by atoms with Gasteiger partial charge in [0.15, 0.2) is 0 Å². The van der Waals surface area contributed by atoms with Crippen LogP contribution < -0.4 is 10.6 Å². The lowest BCUT2D eigenvalue weighted by atomic mass is 9.71. The molecule has 0 atom stereocenters. The number of carboxylic acids is 1. The number of fused-ring (bicyclic) bond motifs is 2. The highest BCUT2D eigenvalue weighted by Gasteiger charge is 2.34. The smallest absolute Gasteiger partial charge is 0.407 e. The number of ether oxygens (including phenoxy) is 1. The fraction of sp³-hybridized carbons (Fsp3) is 0.828. The molecule has 0 unspecified atom stereocenters. The van der Waals surface area contributed by atoms with Gasteiger partial charge in [-0.15, -0.1) is 23.9 Å². The number of nitrogens with one attached hydrogen (secondary N) is 2. The van der Waals surface area contributed by atoms with Crippen molar-refractivity contribution in [1.82, 2.24) is 10.6 Å². The quantitative estimate of drug-likeness (QED) is 0.0146. The molecule has 3 aromatic carbocycles. The first kappa shape index (κ1) is 130. The molecular formula is C116H209Br3ClN3O6. The summed E-state index contributed by atoms with van der Waals surface area (Å²) in [5, 5.41) is 31.6. The second-order valence-electron chi connectivity index (χ2n) is 39.3. The molecule has 129 heavy (non-hydrogen) atoms. The Hall–Kier alpha value is -2.87. The molecule has 0 aliphatic rings. The van der Waals surface area contributed by atoms with E-state index in [0.717, 1.165) is 133 Å². The Bertz CT molecular complexity index is 2790. The van der Waals surface area contributed by atoms with Crippen molar-refractivity contribution in [3.8, 4) is 12.3 Å². The van der Waals surface area contributed by atoms with Crippen molar-refractivity contribution in [2.45, 2.75) is 534 Å². The molecule has 4 N–H and O–H groups in total. The predicted octanol–water partition coefficient (Wildman–Crippen LogP) is 39.3. The number of alkyl halides is 4. The summed E-state index contributed by atoms with van der Waals surface area (Å²) in [6, 6.07) is 18.6. The van der Waals surface area contributed by atoms with E-state index in [1.807, 2.05) is 24.3 Å². The number of aliphatic hydroxyl groups excluding tert-OH is 1. The van der Waals surface area contributed by atoms with Crippen LogP contribution in [0.4, 0.5) is 4.79 Å². The minimum Gasteiger partial charge on any atom is -0.481 e. The number of carboxylic acid groups (broad SMARTS) is 1. The van der Waals surface area contributed by atoms with Gasteiger partial charge in [0, 0.05) is 72.8 Å². The third-order valence-electron chi connectivity index (χ3n) is 28.4. The van der Waals surface area contributed by atoms with E-state index in [2.05, 4.69) is 203 Å². The normalized spacial score (nSPS) is 11.7. The first-order valence-corrected chi connectivity index (χ1v) is 58.4. The molecular weight excluding hydrogens is 1810 g/mol. The van der Waals surface area contributed by atoms with Crippen molar-refractivity contribution in [3.63, 3.8) is 0 Å². The Balaban J connectivity index is -0.00000157. The van der Waals surface area contributed by atoms with Gasteiger partial charge >= 0.3 is 12.1 Å². The molecule has 0 saturated heterocycles. The second-order valence-corrected chi connectivity index (χ2v) is 42.1. The average Bonchev–Trinajstić information content (AvgIpc) is 0.776. The van der Waals surface area contributed by atoms with Gasteiger partial charge in [-0.3, -0.25) is 9.59 Å². The Kier molecular flexibility index (Phi) is 91.2. The molecule has 13 heteroatoms. The van der Waals surface area contributed by atoms with E-state index in [-0.39, 0.29) is 24.0 Å². The van der Waals surface area contributed by atoms with Crippen LogP contribution in [-0.4, -0.2) is 76.3 Å². The summed E-state index contributed by atoms with van der Waals surface area (Å²) < 4.78 is 5.62. The van der Waals surface area contributed by atoms with Gasteiger partial charge < -0.3 is 30.4 Å². The first-order chi connectivity index (χ1) is 62.6. The Morgan fingerprint density at radius 3 is 0.953 bits per heavy atom. The molecule has 0 fully saturated rings. The number of alkyl carbamates (subject to hydrolysis) is 1. The molecule has 0 aromatic heterocycles. The predicted molar refractivity (Wildman–Crippen MR) is 584 cm³/mol. The maximum atomic E-state index is 12.6. The number of amides is 2. The highest BCUT2D eigenvalue weighted by molar-refractivity contribution is 9.09. The zero-order valence-corrected chi connectivity index (χ0v) is 92.8. The number of hydrogen-bond acceptors (Lipinski definition) is 5. The van der Waals surface area contributed by atoms with Crippen molar-refractivity contribution < 1.29 is 29.3 Å². The van der Waals surface area contributed by atoms with Gasteiger partial charge in [0.05, 0.1) is 0 Å². The number of carbonyl (C=O) groups is 3. The highest BCUT2D eigenvalue weighted by Crippen LogP contribution is 2.47. The summed E-state index contributed by atoms with van der Waals surface area (Å²) in [6.45, 7) is 43.9. The average molecular weight is 2020 g/mol. The van der Waals surface area contributed by atoms with Gasteiger partial charge in [-0.2, -0.15) is 0 Å². The lowest BCUT2D eigenvalue weighted by molar-refractivity contribution is -0.137. The van der Waals surface area contributed by atoms with E-state index in [1.165, 1.54) is 334 Å². The van der Waals surface area contributed by atoms with Crippen LogP contribution in [0.25, 0.3) is 26.4 Å². The third-order valence-corrected chi connectivity index (χ3v) is 30.3. The minimum atomic E-state index is -0.635. The van der Waals surface area contributed by atoms with Gasteiger partial charge in [0.25, 0.3) is 0 Å². The molecule has 0 heterocycles. The molecule has 0 spiro atoms.